The molecule has 0 radical (unpaired) electrons. The van der Waals surface area contributed by atoms with Crippen LogP contribution in [-0.4, -0.2) is 30.2 Å². The number of nitrogens with zero attached hydrogens (tertiary/aromatic N) is 1. The largest absolute Gasteiger partial charge is 0.478 e. The third kappa shape index (κ3) is 3.21. The molecule has 1 aromatic heterocycles. The van der Waals surface area contributed by atoms with E-state index in [1.54, 1.807) is 0 Å². The lowest BCUT2D eigenvalue weighted by molar-refractivity contribution is 0.0697. The van der Waals surface area contributed by atoms with Gasteiger partial charge < -0.3 is 5.11 Å². The van der Waals surface area contributed by atoms with Gasteiger partial charge in [-0.25, -0.2) is 18.2 Å². The van der Waals surface area contributed by atoms with Crippen LogP contribution in [0.4, 0.5) is 5.82 Å². The SMILES string of the molecule is CCS(=O)(=O)Nc1cc(C(=O)O)ccn1. The zero-order valence-electron chi connectivity index (χ0n) is 7.97. The van der Waals surface area contributed by atoms with E-state index in [1.165, 1.54) is 19.2 Å². The summed E-state index contributed by atoms with van der Waals surface area (Å²) in [5.74, 6) is -1.21. The molecule has 0 aliphatic rings. The molecule has 0 saturated heterocycles. The first-order valence-corrected chi connectivity index (χ1v) is 5.79. The zero-order valence-corrected chi connectivity index (χ0v) is 8.78. The van der Waals surface area contributed by atoms with Gasteiger partial charge >= 0.3 is 5.97 Å². The highest BCUT2D eigenvalue weighted by Crippen LogP contribution is 2.08. The van der Waals surface area contributed by atoms with Gasteiger partial charge in [-0.3, -0.25) is 4.72 Å². The maximum absolute atomic E-state index is 11.2. The number of sulfonamides is 1. The Morgan fingerprint density at radius 2 is 2.27 bits per heavy atom. The quantitative estimate of drug-likeness (QED) is 0.787. The summed E-state index contributed by atoms with van der Waals surface area (Å²) in [6, 6.07) is 2.45. The van der Waals surface area contributed by atoms with Crippen LogP contribution >= 0.6 is 0 Å². The molecule has 15 heavy (non-hydrogen) atoms. The molecule has 6 nitrogen and oxygen atoms in total. The van der Waals surface area contributed by atoms with Gasteiger partial charge in [0.2, 0.25) is 10.0 Å². The Kier molecular flexibility index (Phi) is 3.25. The average Bonchev–Trinajstić information content (AvgIpc) is 2.17. The van der Waals surface area contributed by atoms with Gasteiger partial charge in [0.15, 0.2) is 0 Å². The number of rotatable bonds is 4. The minimum Gasteiger partial charge on any atom is -0.478 e. The smallest absolute Gasteiger partial charge is 0.335 e. The van der Waals surface area contributed by atoms with Crippen LogP contribution in [0.15, 0.2) is 18.3 Å². The number of hydrogen-bond donors (Lipinski definition) is 2. The molecular formula is C8H10N2O4S. The van der Waals surface area contributed by atoms with Gasteiger partial charge in [-0.1, -0.05) is 0 Å². The number of nitrogens with one attached hydrogen (secondary N) is 1. The fourth-order valence-corrected chi connectivity index (χ4v) is 1.43. The van der Waals surface area contributed by atoms with Crippen LogP contribution in [0.1, 0.15) is 17.3 Å². The van der Waals surface area contributed by atoms with Crippen molar-refractivity contribution in [3.63, 3.8) is 0 Å². The maximum atomic E-state index is 11.2. The number of hydrogen-bond acceptors (Lipinski definition) is 4. The normalized spacial score (nSPS) is 11.0. The number of pyridine rings is 1. The third-order valence-electron chi connectivity index (χ3n) is 1.65. The Hall–Kier alpha value is -1.63. The van der Waals surface area contributed by atoms with E-state index in [4.69, 9.17) is 5.11 Å². The molecule has 0 fully saturated rings. The highest BCUT2D eigenvalue weighted by molar-refractivity contribution is 7.92. The summed E-state index contributed by atoms with van der Waals surface area (Å²) in [4.78, 5) is 14.3. The summed E-state index contributed by atoms with van der Waals surface area (Å²) in [5, 5.41) is 8.66. The standard InChI is InChI=1S/C8H10N2O4S/c1-2-15(13,14)10-7-5-6(8(11)12)3-4-9-7/h3-5H,2H2,1H3,(H,9,10)(H,11,12). The van der Waals surface area contributed by atoms with Crippen molar-refractivity contribution in [1.29, 1.82) is 0 Å². The molecular weight excluding hydrogens is 220 g/mol. The van der Waals surface area contributed by atoms with Gasteiger partial charge in [0.05, 0.1) is 11.3 Å². The molecule has 0 saturated carbocycles. The first-order valence-electron chi connectivity index (χ1n) is 4.14. The molecule has 1 aromatic rings. The van der Waals surface area contributed by atoms with E-state index in [2.05, 4.69) is 9.71 Å². The topological polar surface area (TPSA) is 96.4 Å². The van der Waals surface area contributed by atoms with Crippen LogP contribution in [0, 0.1) is 0 Å². The van der Waals surface area contributed by atoms with Crippen molar-refractivity contribution < 1.29 is 18.3 Å². The molecule has 0 aromatic carbocycles. The van der Waals surface area contributed by atoms with Crippen LogP contribution in [-0.2, 0) is 10.0 Å². The van der Waals surface area contributed by atoms with Crippen molar-refractivity contribution >= 4 is 21.8 Å². The number of aromatic carboxylic acids is 1. The van der Waals surface area contributed by atoms with Crippen LogP contribution in [0.5, 0.6) is 0 Å². The van der Waals surface area contributed by atoms with E-state index in [1.807, 2.05) is 0 Å². The van der Waals surface area contributed by atoms with Crippen LogP contribution in [0.2, 0.25) is 0 Å². The Balaban J connectivity index is 2.97. The molecule has 0 amide bonds. The van der Waals surface area contributed by atoms with Crippen LogP contribution in [0.3, 0.4) is 0 Å². The van der Waals surface area contributed by atoms with Gasteiger partial charge in [-0.2, -0.15) is 0 Å². The molecule has 0 unspecified atom stereocenters. The van der Waals surface area contributed by atoms with Crippen LogP contribution < -0.4 is 4.72 Å². The summed E-state index contributed by atoms with van der Waals surface area (Å²) in [5.41, 5.74) is -0.0150. The number of anilines is 1. The molecule has 0 aliphatic heterocycles. The van der Waals surface area contributed by atoms with Crippen molar-refractivity contribution in [2.45, 2.75) is 6.92 Å². The molecule has 0 bridgehead atoms. The van der Waals surface area contributed by atoms with E-state index < -0.39 is 16.0 Å². The fourth-order valence-electron chi connectivity index (χ4n) is 0.851. The molecule has 0 aliphatic carbocycles. The minimum atomic E-state index is -3.42. The first-order chi connectivity index (χ1) is 6.94. The lowest BCUT2D eigenvalue weighted by atomic mass is 10.3. The Labute approximate surface area is 87.0 Å². The van der Waals surface area contributed by atoms with Crippen LogP contribution in [0.25, 0.3) is 0 Å². The summed E-state index contributed by atoms with van der Waals surface area (Å²) in [7, 11) is -3.42. The van der Waals surface area contributed by atoms with Crippen molar-refractivity contribution in [2.24, 2.45) is 0 Å². The van der Waals surface area contributed by atoms with E-state index in [0.29, 0.717) is 0 Å². The molecule has 1 heterocycles. The molecule has 0 spiro atoms. The van der Waals surface area contributed by atoms with E-state index in [-0.39, 0.29) is 17.1 Å². The molecule has 1 rings (SSSR count). The average molecular weight is 230 g/mol. The lowest BCUT2D eigenvalue weighted by Gasteiger charge is -2.04. The van der Waals surface area contributed by atoms with Gasteiger partial charge in [-0.05, 0) is 19.1 Å². The van der Waals surface area contributed by atoms with E-state index >= 15 is 0 Å². The van der Waals surface area contributed by atoms with Crippen molar-refractivity contribution in [2.75, 3.05) is 10.5 Å². The predicted octanol–water partition coefficient (Wildman–Crippen LogP) is 0.541. The van der Waals surface area contributed by atoms with Gasteiger partial charge in [0.1, 0.15) is 5.82 Å². The second kappa shape index (κ2) is 4.26. The molecule has 0 atom stereocenters. The second-order valence-electron chi connectivity index (χ2n) is 2.74. The zero-order chi connectivity index (χ0) is 11.5. The van der Waals surface area contributed by atoms with Crippen molar-refractivity contribution in [3.05, 3.63) is 23.9 Å². The monoisotopic (exact) mass is 230 g/mol. The summed E-state index contributed by atoms with van der Waals surface area (Å²) < 4.78 is 24.5. The van der Waals surface area contributed by atoms with E-state index in [0.717, 1.165) is 6.07 Å². The number of aromatic nitrogens is 1. The molecule has 2 N–H and O–H groups in total. The Morgan fingerprint density at radius 3 is 2.80 bits per heavy atom. The number of carboxylic acids is 1. The summed E-state index contributed by atoms with van der Waals surface area (Å²) >= 11 is 0. The number of carboxylic acid groups (broad SMARTS) is 1. The van der Waals surface area contributed by atoms with Crippen molar-refractivity contribution in [1.82, 2.24) is 4.98 Å². The minimum absolute atomic E-state index is 0.0109. The highest BCUT2D eigenvalue weighted by atomic mass is 32.2. The third-order valence-corrected chi connectivity index (χ3v) is 2.93. The van der Waals surface area contributed by atoms with Crippen molar-refractivity contribution in [3.8, 4) is 0 Å². The van der Waals surface area contributed by atoms with Gasteiger partial charge in [0.25, 0.3) is 0 Å². The summed E-state index contributed by atoms with van der Waals surface area (Å²) in [6.07, 6.45) is 1.23. The predicted molar refractivity (Wildman–Crippen MR) is 54.3 cm³/mol. The van der Waals surface area contributed by atoms with E-state index in [9.17, 15) is 13.2 Å². The summed E-state index contributed by atoms with van der Waals surface area (Å²) in [6.45, 7) is 1.48. The Bertz CT molecular complexity index is 469. The first kappa shape index (κ1) is 11.4. The number of carbonyl (C=O) groups is 1. The lowest BCUT2D eigenvalue weighted by Crippen LogP contribution is -2.15. The molecule has 82 valence electrons. The fraction of sp³-hybridized carbons (Fsp3) is 0.250. The highest BCUT2D eigenvalue weighted by Gasteiger charge is 2.09. The van der Waals surface area contributed by atoms with Gasteiger partial charge in [-0.15, -0.1) is 0 Å². The maximum Gasteiger partial charge on any atom is 0.335 e. The molecule has 7 heteroatoms. The van der Waals surface area contributed by atoms with Gasteiger partial charge in [0, 0.05) is 6.20 Å². The second-order valence-corrected chi connectivity index (χ2v) is 4.75. The Morgan fingerprint density at radius 1 is 1.60 bits per heavy atom.